The van der Waals surface area contributed by atoms with Crippen molar-refractivity contribution in [3.8, 4) is 0 Å². The maximum absolute atomic E-state index is 12.4. The van der Waals surface area contributed by atoms with Gasteiger partial charge in [-0.25, -0.2) is 0 Å². The Morgan fingerprint density at radius 3 is 2.97 bits per heavy atom. The average Bonchev–Trinajstić information content (AvgIpc) is 3.10. The standard InChI is InChI=1S/C26H27NO2/c1-26-11-9-18-14-20-23(28)3-2-4-24(20)29-25(18)22(26)8-7-21(26)17-6-5-16-10-12-27-15-19(16)13-17/h5-6,10,12-15,21-22,25H,2-4,7-9,11H2,1H3/t21-,22+,25-,26-/m1/s1. The number of hydrogen-bond acceptors (Lipinski definition) is 3. The minimum Gasteiger partial charge on any atom is -0.489 e. The number of allylic oxidation sites excluding steroid dienone is 3. The van der Waals surface area contributed by atoms with Crippen molar-refractivity contribution in [3.05, 3.63) is 65.2 Å². The van der Waals surface area contributed by atoms with E-state index < -0.39 is 0 Å². The van der Waals surface area contributed by atoms with Crippen LogP contribution in [0.3, 0.4) is 0 Å². The summed E-state index contributed by atoms with van der Waals surface area (Å²) in [6.45, 7) is 2.48. The highest BCUT2D eigenvalue weighted by atomic mass is 16.5. The number of fused-ring (bicyclic) bond motifs is 4. The normalized spacial score (nSPS) is 33.6. The van der Waals surface area contributed by atoms with Crippen LogP contribution in [0.2, 0.25) is 0 Å². The zero-order chi connectivity index (χ0) is 19.6. The summed E-state index contributed by atoms with van der Waals surface area (Å²) in [6.07, 6.45) is 13.4. The minimum atomic E-state index is 0.172. The molecular formula is C26H27NO2. The highest BCUT2D eigenvalue weighted by Gasteiger charge is 2.54. The Labute approximate surface area is 171 Å². The lowest BCUT2D eigenvalue weighted by atomic mass is 9.61. The lowest BCUT2D eigenvalue weighted by Crippen LogP contribution is -2.43. The van der Waals surface area contributed by atoms with Crippen LogP contribution in [-0.4, -0.2) is 16.9 Å². The molecule has 2 saturated carbocycles. The third kappa shape index (κ3) is 2.56. The van der Waals surface area contributed by atoms with Crippen LogP contribution < -0.4 is 0 Å². The van der Waals surface area contributed by atoms with E-state index in [0.29, 0.717) is 18.3 Å². The van der Waals surface area contributed by atoms with Crippen molar-refractivity contribution in [2.75, 3.05) is 0 Å². The molecule has 3 aliphatic carbocycles. The van der Waals surface area contributed by atoms with Gasteiger partial charge in [-0.2, -0.15) is 0 Å². The lowest BCUT2D eigenvalue weighted by molar-refractivity contribution is -0.116. The molecule has 2 heterocycles. The highest BCUT2D eigenvalue weighted by Crippen LogP contribution is 2.62. The molecule has 2 aromatic rings. The van der Waals surface area contributed by atoms with Gasteiger partial charge in [0.15, 0.2) is 5.78 Å². The molecular weight excluding hydrogens is 358 g/mol. The molecule has 0 saturated heterocycles. The van der Waals surface area contributed by atoms with Gasteiger partial charge in [0.25, 0.3) is 0 Å². The van der Waals surface area contributed by atoms with Gasteiger partial charge in [-0.15, -0.1) is 0 Å². The molecule has 0 spiro atoms. The van der Waals surface area contributed by atoms with E-state index in [2.05, 4.69) is 42.2 Å². The van der Waals surface area contributed by atoms with Gasteiger partial charge in [-0.1, -0.05) is 19.1 Å². The van der Waals surface area contributed by atoms with E-state index in [4.69, 9.17) is 4.74 Å². The summed E-state index contributed by atoms with van der Waals surface area (Å²) in [7, 11) is 0. The average molecular weight is 386 g/mol. The number of ether oxygens (including phenoxy) is 1. The van der Waals surface area contributed by atoms with Crippen molar-refractivity contribution >= 4 is 16.6 Å². The molecule has 148 valence electrons. The van der Waals surface area contributed by atoms with Crippen molar-refractivity contribution < 1.29 is 9.53 Å². The number of carbonyl (C=O) groups is 1. The number of Topliss-reactive ketones (excluding diaryl/α,β-unsaturated/α-hetero) is 1. The molecule has 4 atom stereocenters. The second-order valence-corrected chi connectivity index (χ2v) is 9.60. The summed E-state index contributed by atoms with van der Waals surface area (Å²) in [6, 6.07) is 9.02. The molecule has 2 fully saturated rings. The van der Waals surface area contributed by atoms with E-state index >= 15 is 0 Å². The predicted octanol–water partition coefficient (Wildman–Crippen LogP) is 5.86. The summed E-state index contributed by atoms with van der Waals surface area (Å²) in [5.41, 5.74) is 3.94. The van der Waals surface area contributed by atoms with Gasteiger partial charge in [0.2, 0.25) is 0 Å². The fourth-order valence-electron chi connectivity index (χ4n) is 6.57. The Kier molecular flexibility index (Phi) is 3.78. The van der Waals surface area contributed by atoms with E-state index in [0.717, 1.165) is 30.6 Å². The SMILES string of the molecule is C[C@]12CCC3=CC4=C(CCCC4=O)O[C@H]3[C@@H]1CC[C@@H]2c1ccc2ccncc2c1. The number of ketones is 1. The van der Waals surface area contributed by atoms with Gasteiger partial charge in [0, 0.05) is 36.5 Å². The summed E-state index contributed by atoms with van der Waals surface area (Å²) >= 11 is 0. The van der Waals surface area contributed by atoms with Crippen molar-refractivity contribution in [1.82, 2.24) is 4.98 Å². The zero-order valence-corrected chi connectivity index (χ0v) is 17.0. The minimum absolute atomic E-state index is 0.172. The van der Waals surface area contributed by atoms with E-state index in [1.165, 1.54) is 41.2 Å². The third-order valence-corrected chi connectivity index (χ3v) is 8.17. The fraction of sp³-hybridized carbons (Fsp3) is 0.462. The topological polar surface area (TPSA) is 39.2 Å². The van der Waals surface area contributed by atoms with E-state index in [-0.39, 0.29) is 17.3 Å². The Bertz CT molecular complexity index is 1080. The molecule has 1 aromatic heterocycles. The quantitative estimate of drug-likeness (QED) is 0.617. The first-order valence-electron chi connectivity index (χ1n) is 11.1. The largest absolute Gasteiger partial charge is 0.489 e. The maximum atomic E-state index is 12.4. The van der Waals surface area contributed by atoms with Crippen LogP contribution >= 0.6 is 0 Å². The van der Waals surface area contributed by atoms with Gasteiger partial charge in [-0.3, -0.25) is 9.78 Å². The molecule has 4 aliphatic rings. The number of benzene rings is 1. The fourth-order valence-corrected chi connectivity index (χ4v) is 6.57. The molecule has 0 unspecified atom stereocenters. The molecule has 3 nitrogen and oxygen atoms in total. The van der Waals surface area contributed by atoms with Crippen molar-refractivity contribution in [2.45, 2.75) is 63.9 Å². The molecule has 3 heteroatoms. The number of carbonyl (C=O) groups excluding carboxylic acids is 1. The summed E-state index contributed by atoms with van der Waals surface area (Å²) in [5, 5.41) is 2.49. The third-order valence-electron chi connectivity index (χ3n) is 8.17. The van der Waals surface area contributed by atoms with E-state index in [1.54, 1.807) is 0 Å². The molecule has 6 rings (SSSR count). The van der Waals surface area contributed by atoms with E-state index in [9.17, 15) is 4.79 Å². The van der Waals surface area contributed by atoms with Crippen LogP contribution in [0.15, 0.2) is 59.6 Å². The first kappa shape index (κ1) is 17.4. The molecule has 1 aromatic carbocycles. The van der Waals surface area contributed by atoms with Crippen LogP contribution in [0.4, 0.5) is 0 Å². The molecule has 0 radical (unpaired) electrons. The summed E-state index contributed by atoms with van der Waals surface area (Å²) in [5.74, 6) is 2.34. The second kappa shape index (κ2) is 6.29. The number of pyridine rings is 1. The number of hydrogen-bond donors (Lipinski definition) is 0. The van der Waals surface area contributed by atoms with Crippen molar-refractivity contribution in [2.24, 2.45) is 11.3 Å². The Morgan fingerprint density at radius 1 is 1.10 bits per heavy atom. The monoisotopic (exact) mass is 385 g/mol. The Hall–Kier alpha value is -2.42. The first-order chi connectivity index (χ1) is 14.1. The summed E-state index contributed by atoms with van der Waals surface area (Å²) < 4.78 is 6.58. The molecule has 0 N–H and O–H groups in total. The second-order valence-electron chi connectivity index (χ2n) is 9.60. The van der Waals surface area contributed by atoms with Crippen LogP contribution in [0.1, 0.15) is 63.4 Å². The van der Waals surface area contributed by atoms with Gasteiger partial charge in [0.05, 0.1) is 5.57 Å². The first-order valence-corrected chi connectivity index (χ1v) is 11.1. The van der Waals surface area contributed by atoms with Crippen molar-refractivity contribution in [3.63, 3.8) is 0 Å². The van der Waals surface area contributed by atoms with Crippen LogP contribution in [0.5, 0.6) is 0 Å². The Morgan fingerprint density at radius 2 is 2.03 bits per heavy atom. The number of nitrogens with zero attached hydrogens (tertiary/aromatic N) is 1. The van der Waals surface area contributed by atoms with Gasteiger partial charge in [0.1, 0.15) is 11.9 Å². The predicted molar refractivity (Wildman–Crippen MR) is 113 cm³/mol. The van der Waals surface area contributed by atoms with Crippen molar-refractivity contribution in [1.29, 1.82) is 0 Å². The highest BCUT2D eigenvalue weighted by molar-refractivity contribution is 5.99. The van der Waals surface area contributed by atoms with Crippen LogP contribution in [-0.2, 0) is 9.53 Å². The van der Waals surface area contributed by atoms with Crippen LogP contribution in [0.25, 0.3) is 10.8 Å². The number of rotatable bonds is 1. The van der Waals surface area contributed by atoms with Gasteiger partial charge in [-0.05, 0) is 78.2 Å². The summed E-state index contributed by atoms with van der Waals surface area (Å²) in [4.78, 5) is 16.7. The Balaban J connectivity index is 1.34. The van der Waals surface area contributed by atoms with E-state index in [1.807, 2.05) is 12.4 Å². The zero-order valence-electron chi connectivity index (χ0n) is 17.0. The van der Waals surface area contributed by atoms with Crippen LogP contribution in [0, 0.1) is 11.3 Å². The molecule has 1 aliphatic heterocycles. The lowest BCUT2D eigenvalue weighted by Gasteiger charge is -2.48. The smallest absolute Gasteiger partial charge is 0.166 e. The molecule has 29 heavy (non-hydrogen) atoms. The molecule has 0 bridgehead atoms. The maximum Gasteiger partial charge on any atom is 0.166 e. The van der Waals surface area contributed by atoms with Gasteiger partial charge >= 0.3 is 0 Å². The van der Waals surface area contributed by atoms with Gasteiger partial charge < -0.3 is 4.74 Å². The number of aromatic nitrogens is 1. The molecule has 0 amide bonds.